The maximum Gasteiger partial charge on any atom is 0.266 e. The molecule has 0 aliphatic rings. The predicted octanol–water partition coefficient (Wildman–Crippen LogP) is -0.00990. The Bertz CT molecular complexity index is 1130. The predicted molar refractivity (Wildman–Crippen MR) is 96.2 cm³/mol. The van der Waals surface area contributed by atoms with Gasteiger partial charge in [-0.05, 0) is 18.2 Å². The minimum Gasteiger partial charge on any atom is -0.353 e. The lowest BCUT2D eigenvalue weighted by atomic mass is 10.3. The number of fused-ring (bicyclic) bond motifs is 1. The third-order valence-corrected chi connectivity index (χ3v) is 3.99. The molecule has 1 amide bonds. The van der Waals surface area contributed by atoms with Gasteiger partial charge in [-0.15, -0.1) is 5.10 Å². The first-order valence-corrected chi connectivity index (χ1v) is 8.30. The van der Waals surface area contributed by atoms with Crippen molar-refractivity contribution in [3.8, 4) is 5.82 Å². The van der Waals surface area contributed by atoms with Gasteiger partial charge in [-0.3, -0.25) is 9.59 Å². The van der Waals surface area contributed by atoms with Crippen LogP contribution >= 0.6 is 0 Å². The molecule has 0 atom stereocenters. The zero-order valence-corrected chi connectivity index (χ0v) is 14.3. The highest BCUT2D eigenvalue weighted by atomic mass is 16.2. The van der Waals surface area contributed by atoms with E-state index in [4.69, 9.17) is 0 Å². The number of carbonyl (C=O) groups excluding carboxylic acids is 1. The van der Waals surface area contributed by atoms with Crippen molar-refractivity contribution in [2.24, 2.45) is 0 Å². The summed E-state index contributed by atoms with van der Waals surface area (Å²) in [6.45, 7) is 0.679. The summed E-state index contributed by atoms with van der Waals surface area (Å²) < 4.78 is 4.52. The molecule has 27 heavy (non-hydrogen) atoms. The summed E-state index contributed by atoms with van der Waals surface area (Å²) in [6.07, 6.45) is 4.52. The molecule has 0 fully saturated rings. The van der Waals surface area contributed by atoms with E-state index in [1.807, 2.05) is 24.3 Å². The Morgan fingerprint density at radius 3 is 2.85 bits per heavy atom. The van der Waals surface area contributed by atoms with E-state index in [1.54, 1.807) is 17.0 Å². The largest absolute Gasteiger partial charge is 0.353 e. The lowest BCUT2D eigenvalue weighted by Crippen LogP contribution is -2.33. The smallest absolute Gasteiger partial charge is 0.266 e. The number of hydrogen-bond donors (Lipinski definition) is 1. The zero-order chi connectivity index (χ0) is 18.6. The van der Waals surface area contributed by atoms with Crippen LogP contribution in [0.1, 0.15) is 0 Å². The van der Waals surface area contributed by atoms with Crippen LogP contribution in [-0.2, 0) is 17.9 Å². The quantitative estimate of drug-likeness (QED) is 0.515. The van der Waals surface area contributed by atoms with Crippen LogP contribution in [0.4, 0.5) is 0 Å². The summed E-state index contributed by atoms with van der Waals surface area (Å²) in [5.74, 6) is 0.307. The molecular formula is C17H16N8O2. The Hall–Kier alpha value is -3.82. The second kappa shape index (κ2) is 7.20. The Balaban J connectivity index is 1.37. The van der Waals surface area contributed by atoms with E-state index in [2.05, 4.69) is 25.5 Å². The van der Waals surface area contributed by atoms with Crippen molar-refractivity contribution in [1.29, 1.82) is 0 Å². The zero-order valence-electron chi connectivity index (χ0n) is 14.3. The highest BCUT2D eigenvalue weighted by molar-refractivity contribution is 5.80. The normalized spacial score (nSPS) is 11.0. The van der Waals surface area contributed by atoms with E-state index >= 15 is 0 Å². The maximum absolute atomic E-state index is 12.2. The van der Waals surface area contributed by atoms with E-state index in [1.165, 1.54) is 28.1 Å². The van der Waals surface area contributed by atoms with Crippen molar-refractivity contribution in [3.63, 3.8) is 0 Å². The molecule has 1 aromatic carbocycles. The number of imidazole rings is 1. The van der Waals surface area contributed by atoms with Crippen LogP contribution in [0.5, 0.6) is 0 Å². The molecular weight excluding hydrogens is 348 g/mol. The first kappa shape index (κ1) is 16.6. The van der Waals surface area contributed by atoms with Crippen LogP contribution in [0.2, 0.25) is 0 Å². The molecule has 136 valence electrons. The highest BCUT2D eigenvalue weighted by Gasteiger charge is 2.08. The second-order valence-electron chi connectivity index (χ2n) is 5.80. The van der Waals surface area contributed by atoms with Crippen LogP contribution in [0, 0.1) is 0 Å². The summed E-state index contributed by atoms with van der Waals surface area (Å²) >= 11 is 0. The molecule has 10 nitrogen and oxygen atoms in total. The molecule has 10 heteroatoms. The molecule has 4 rings (SSSR count). The summed E-state index contributed by atoms with van der Waals surface area (Å²) in [4.78, 5) is 32.3. The first-order valence-electron chi connectivity index (χ1n) is 8.30. The van der Waals surface area contributed by atoms with Gasteiger partial charge in [0.05, 0.1) is 23.9 Å². The first-order chi connectivity index (χ1) is 13.2. The minimum absolute atomic E-state index is 0.155. The number of nitrogens with zero attached hydrogens (tertiary/aromatic N) is 7. The summed E-state index contributed by atoms with van der Waals surface area (Å²) in [7, 11) is 0. The maximum atomic E-state index is 12.2. The van der Waals surface area contributed by atoms with Crippen molar-refractivity contribution in [1.82, 2.24) is 39.4 Å². The van der Waals surface area contributed by atoms with Crippen molar-refractivity contribution in [3.05, 3.63) is 65.7 Å². The number of hydrogen-bond acceptors (Lipinski definition) is 6. The van der Waals surface area contributed by atoms with Gasteiger partial charge < -0.3 is 9.88 Å². The monoisotopic (exact) mass is 364 g/mol. The fourth-order valence-corrected chi connectivity index (χ4v) is 2.70. The van der Waals surface area contributed by atoms with Crippen molar-refractivity contribution < 1.29 is 4.79 Å². The lowest BCUT2D eigenvalue weighted by Gasteiger charge is -2.09. The summed E-state index contributed by atoms with van der Waals surface area (Å²) in [5.41, 5.74) is 1.48. The number of rotatable bonds is 6. The molecule has 0 radical (unpaired) electrons. The number of carbonyl (C=O) groups is 1. The molecule has 0 unspecified atom stereocenters. The number of amides is 1. The molecule has 0 spiro atoms. The number of benzene rings is 1. The average molecular weight is 364 g/mol. The molecule has 3 aromatic heterocycles. The van der Waals surface area contributed by atoms with E-state index in [0.717, 1.165) is 11.0 Å². The van der Waals surface area contributed by atoms with Crippen LogP contribution in [-0.4, -0.2) is 46.5 Å². The molecule has 0 aliphatic carbocycles. The SMILES string of the molecule is O=C(Cn1cnc2ccccc21)NCCn1nc(-n2cncn2)ccc1=O. The number of nitrogens with one attached hydrogen (secondary N) is 1. The van der Waals surface area contributed by atoms with Crippen LogP contribution in [0.15, 0.2) is 60.2 Å². The standard InChI is InChI=1S/C17H16N8O2/c26-16(9-23-12-20-13-3-1-2-4-14(13)23)19-7-8-24-17(27)6-5-15(22-24)25-11-18-10-21-25/h1-6,10-12H,7-9H2,(H,19,26). The number of para-hydroxylation sites is 2. The van der Waals surface area contributed by atoms with Gasteiger partial charge in [0.15, 0.2) is 5.82 Å². The van der Waals surface area contributed by atoms with Gasteiger partial charge in [0.1, 0.15) is 19.2 Å². The Morgan fingerprint density at radius 2 is 2.00 bits per heavy atom. The summed E-state index contributed by atoms with van der Waals surface area (Å²) in [6, 6.07) is 10.6. The van der Waals surface area contributed by atoms with Gasteiger partial charge >= 0.3 is 0 Å². The van der Waals surface area contributed by atoms with E-state index in [-0.39, 0.29) is 31.1 Å². The van der Waals surface area contributed by atoms with Crippen molar-refractivity contribution in [2.75, 3.05) is 6.54 Å². The van der Waals surface area contributed by atoms with Crippen LogP contribution in [0.3, 0.4) is 0 Å². The second-order valence-corrected chi connectivity index (χ2v) is 5.80. The van der Waals surface area contributed by atoms with E-state index < -0.39 is 0 Å². The Morgan fingerprint density at radius 1 is 1.11 bits per heavy atom. The van der Waals surface area contributed by atoms with Gasteiger partial charge in [-0.25, -0.2) is 19.3 Å². The topological polar surface area (TPSA) is 113 Å². The minimum atomic E-state index is -0.256. The molecule has 0 bridgehead atoms. The molecule has 0 saturated carbocycles. The van der Waals surface area contributed by atoms with Crippen molar-refractivity contribution in [2.45, 2.75) is 13.1 Å². The molecule has 3 heterocycles. The lowest BCUT2D eigenvalue weighted by molar-refractivity contribution is -0.121. The van der Waals surface area contributed by atoms with Gasteiger partial charge in [0, 0.05) is 12.6 Å². The van der Waals surface area contributed by atoms with Crippen LogP contribution < -0.4 is 10.9 Å². The Labute approximate surface area is 153 Å². The number of aromatic nitrogens is 7. The van der Waals surface area contributed by atoms with Gasteiger partial charge in [-0.1, -0.05) is 12.1 Å². The fourth-order valence-electron chi connectivity index (χ4n) is 2.70. The molecule has 0 aliphatic heterocycles. The summed E-state index contributed by atoms with van der Waals surface area (Å²) in [5, 5.41) is 11.0. The van der Waals surface area contributed by atoms with Crippen LogP contribution in [0.25, 0.3) is 16.9 Å². The van der Waals surface area contributed by atoms with E-state index in [0.29, 0.717) is 5.82 Å². The average Bonchev–Trinajstić information content (AvgIpc) is 3.34. The van der Waals surface area contributed by atoms with Gasteiger partial charge in [0.2, 0.25) is 5.91 Å². The third kappa shape index (κ3) is 3.59. The third-order valence-electron chi connectivity index (χ3n) is 3.99. The highest BCUT2D eigenvalue weighted by Crippen LogP contribution is 2.11. The van der Waals surface area contributed by atoms with Gasteiger partial charge in [0.25, 0.3) is 5.56 Å². The molecule has 4 aromatic rings. The van der Waals surface area contributed by atoms with E-state index in [9.17, 15) is 9.59 Å². The van der Waals surface area contributed by atoms with Crippen molar-refractivity contribution >= 4 is 16.9 Å². The molecule has 1 N–H and O–H groups in total. The van der Waals surface area contributed by atoms with Gasteiger partial charge in [-0.2, -0.15) is 5.10 Å². The fraction of sp³-hybridized carbons (Fsp3) is 0.176. The Kier molecular flexibility index (Phi) is 4.44. The molecule has 0 saturated heterocycles.